The van der Waals surface area contributed by atoms with Crippen molar-refractivity contribution in [3.05, 3.63) is 59.7 Å². The minimum atomic E-state index is -1.36. The second-order valence-corrected chi connectivity index (χ2v) is 10.2. The summed E-state index contributed by atoms with van der Waals surface area (Å²) in [5.41, 5.74) is 2.39. The summed E-state index contributed by atoms with van der Waals surface area (Å²) < 4.78 is 5.67. The maximum absolute atomic E-state index is 12.9. The van der Waals surface area contributed by atoms with E-state index in [0.29, 0.717) is 18.8 Å². The van der Waals surface area contributed by atoms with Crippen LogP contribution in [0.4, 0.5) is 4.79 Å². The highest BCUT2D eigenvalue weighted by Crippen LogP contribution is 2.60. The summed E-state index contributed by atoms with van der Waals surface area (Å²) in [5, 5.41) is 23.9. The average Bonchev–Trinajstić information content (AvgIpc) is 3.07. The molecule has 5 aliphatic carbocycles. The summed E-state index contributed by atoms with van der Waals surface area (Å²) in [4.78, 5) is 25.4. The van der Waals surface area contributed by atoms with Crippen LogP contribution >= 0.6 is 0 Å². The molecule has 2 atom stereocenters. The molecular formula is C26H27NO5. The van der Waals surface area contributed by atoms with Gasteiger partial charge in [-0.15, -0.1) is 0 Å². The minimum Gasteiger partial charge on any atom is -0.479 e. The summed E-state index contributed by atoms with van der Waals surface area (Å²) in [6.07, 6.45) is 2.38. The lowest BCUT2D eigenvalue weighted by atomic mass is 9.47. The largest absolute Gasteiger partial charge is 0.479 e. The number of carboxylic acids is 1. The number of fused-ring (bicyclic) bond motifs is 3. The number of carbonyl (C=O) groups is 2. The molecule has 1 amide bonds. The van der Waals surface area contributed by atoms with Gasteiger partial charge in [0.1, 0.15) is 12.1 Å². The fourth-order valence-electron chi connectivity index (χ4n) is 7.38. The Labute approximate surface area is 186 Å². The van der Waals surface area contributed by atoms with E-state index < -0.39 is 23.2 Å². The van der Waals surface area contributed by atoms with Crippen LogP contribution in [0.1, 0.15) is 49.1 Å². The summed E-state index contributed by atoms with van der Waals surface area (Å²) in [7, 11) is 0. The molecule has 2 aromatic carbocycles. The number of alkyl carbamates (subject to hydrolysis) is 1. The number of nitrogens with one attached hydrogen (secondary N) is 1. The molecule has 0 aromatic heterocycles. The minimum absolute atomic E-state index is 0.0758. The van der Waals surface area contributed by atoms with E-state index in [1.54, 1.807) is 0 Å². The molecule has 32 heavy (non-hydrogen) atoms. The number of ether oxygens (including phenoxy) is 1. The van der Waals surface area contributed by atoms with Gasteiger partial charge in [0.25, 0.3) is 0 Å². The van der Waals surface area contributed by atoms with Crippen LogP contribution in [-0.2, 0) is 9.53 Å². The van der Waals surface area contributed by atoms with Crippen molar-refractivity contribution in [2.45, 2.75) is 49.2 Å². The Kier molecular flexibility index (Phi) is 4.22. The van der Waals surface area contributed by atoms with Crippen molar-refractivity contribution >= 4 is 12.1 Å². The fourth-order valence-corrected chi connectivity index (χ4v) is 7.38. The lowest BCUT2D eigenvalue weighted by Gasteiger charge is -2.61. The van der Waals surface area contributed by atoms with E-state index in [2.05, 4.69) is 29.6 Å². The highest BCUT2D eigenvalue weighted by molar-refractivity contribution is 5.86. The number of rotatable bonds is 4. The molecule has 0 heterocycles. The van der Waals surface area contributed by atoms with Gasteiger partial charge in [0, 0.05) is 5.92 Å². The second kappa shape index (κ2) is 6.82. The van der Waals surface area contributed by atoms with Gasteiger partial charge in [-0.1, -0.05) is 48.5 Å². The predicted molar refractivity (Wildman–Crippen MR) is 117 cm³/mol. The van der Waals surface area contributed by atoms with Crippen molar-refractivity contribution < 1.29 is 24.5 Å². The number of benzene rings is 2. The molecule has 0 radical (unpaired) electrons. The molecule has 3 N–H and O–H groups in total. The average molecular weight is 434 g/mol. The van der Waals surface area contributed by atoms with Crippen molar-refractivity contribution in [2.24, 2.45) is 17.8 Å². The molecule has 4 bridgehead atoms. The molecule has 6 nitrogen and oxygen atoms in total. The zero-order valence-corrected chi connectivity index (χ0v) is 17.8. The molecule has 2 unspecified atom stereocenters. The van der Waals surface area contributed by atoms with E-state index in [-0.39, 0.29) is 24.4 Å². The monoisotopic (exact) mass is 433 g/mol. The smallest absolute Gasteiger partial charge is 0.408 e. The summed E-state index contributed by atoms with van der Waals surface area (Å²) in [6.45, 7) is 0.150. The van der Waals surface area contributed by atoms with Crippen molar-refractivity contribution in [3.63, 3.8) is 0 Å². The van der Waals surface area contributed by atoms with Gasteiger partial charge in [0.2, 0.25) is 0 Å². The normalized spacial score (nSPS) is 34.1. The molecule has 4 fully saturated rings. The third-order valence-electron chi connectivity index (χ3n) is 8.45. The van der Waals surface area contributed by atoms with Gasteiger partial charge in [0.05, 0.1) is 5.60 Å². The van der Waals surface area contributed by atoms with Crippen LogP contribution < -0.4 is 5.32 Å². The zero-order valence-electron chi connectivity index (χ0n) is 17.8. The van der Waals surface area contributed by atoms with Gasteiger partial charge in [-0.05, 0) is 72.1 Å². The molecule has 2 aromatic rings. The van der Waals surface area contributed by atoms with Crippen molar-refractivity contribution in [2.75, 3.05) is 6.61 Å². The van der Waals surface area contributed by atoms with Crippen molar-refractivity contribution in [1.82, 2.24) is 5.32 Å². The van der Waals surface area contributed by atoms with Gasteiger partial charge < -0.3 is 20.3 Å². The van der Waals surface area contributed by atoms with Crippen LogP contribution in [0.15, 0.2) is 48.5 Å². The SMILES string of the molecule is O=C(NC1(C(=O)O)C2CC3CC1CC(O)(C3)C2)OCC1c2ccccc2-c2ccccc21. The Morgan fingerprint density at radius 2 is 1.50 bits per heavy atom. The molecule has 0 saturated heterocycles. The zero-order chi connectivity index (χ0) is 22.1. The molecule has 166 valence electrons. The standard InChI is InChI=1S/C26H27NO5/c28-23(29)26(16-9-15-10-17(26)13-25(31,11-15)12-16)27-24(30)32-14-22-20-7-3-1-5-18(20)19-6-2-4-8-21(19)22/h1-8,15-17,22,31H,9-14H2,(H,27,30)(H,28,29). The van der Waals surface area contributed by atoms with E-state index >= 15 is 0 Å². The van der Waals surface area contributed by atoms with Crippen molar-refractivity contribution in [3.8, 4) is 11.1 Å². The maximum atomic E-state index is 12.9. The van der Waals surface area contributed by atoms with Gasteiger partial charge in [-0.2, -0.15) is 0 Å². The molecule has 6 heteroatoms. The van der Waals surface area contributed by atoms with Crippen LogP contribution in [0.3, 0.4) is 0 Å². The first-order valence-electron chi connectivity index (χ1n) is 11.5. The first-order valence-corrected chi connectivity index (χ1v) is 11.5. The number of carbonyl (C=O) groups excluding carboxylic acids is 1. The first-order chi connectivity index (χ1) is 15.4. The number of amides is 1. The third kappa shape index (κ3) is 2.75. The number of hydrogen-bond donors (Lipinski definition) is 3. The van der Waals surface area contributed by atoms with Crippen LogP contribution in [-0.4, -0.2) is 40.0 Å². The number of aliphatic carboxylic acids is 1. The molecular weight excluding hydrogens is 406 g/mol. The van der Waals surface area contributed by atoms with Gasteiger partial charge in [-0.3, -0.25) is 0 Å². The first kappa shape index (κ1) is 19.8. The van der Waals surface area contributed by atoms with Crippen LogP contribution in [0, 0.1) is 17.8 Å². The number of hydrogen-bond acceptors (Lipinski definition) is 4. The van der Waals surface area contributed by atoms with Crippen molar-refractivity contribution in [1.29, 1.82) is 0 Å². The molecule has 0 aliphatic heterocycles. The van der Waals surface area contributed by atoms with Crippen LogP contribution in [0.25, 0.3) is 11.1 Å². The molecule has 7 rings (SSSR count). The van der Waals surface area contributed by atoms with Crippen LogP contribution in [0.5, 0.6) is 0 Å². The summed E-state index contributed by atoms with van der Waals surface area (Å²) in [6, 6.07) is 16.2. The van der Waals surface area contributed by atoms with Gasteiger partial charge in [0.15, 0.2) is 0 Å². The topological polar surface area (TPSA) is 95.9 Å². The highest BCUT2D eigenvalue weighted by atomic mass is 16.5. The van der Waals surface area contributed by atoms with E-state index in [0.717, 1.165) is 41.5 Å². The quantitative estimate of drug-likeness (QED) is 0.679. The Bertz CT molecular complexity index is 1050. The van der Waals surface area contributed by atoms with E-state index in [4.69, 9.17) is 4.74 Å². The summed E-state index contributed by atoms with van der Waals surface area (Å²) >= 11 is 0. The maximum Gasteiger partial charge on any atom is 0.408 e. The van der Waals surface area contributed by atoms with E-state index in [9.17, 15) is 19.8 Å². The number of aliphatic hydroxyl groups is 1. The Morgan fingerprint density at radius 3 is 2.03 bits per heavy atom. The second-order valence-electron chi connectivity index (χ2n) is 10.2. The number of carboxylic acid groups (broad SMARTS) is 1. The Hall–Kier alpha value is -2.86. The molecule has 5 aliphatic rings. The van der Waals surface area contributed by atoms with Gasteiger partial charge >= 0.3 is 12.1 Å². The fraction of sp³-hybridized carbons (Fsp3) is 0.462. The van der Waals surface area contributed by atoms with E-state index in [1.165, 1.54) is 0 Å². The lowest BCUT2D eigenvalue weighted by Crippen LogP contribution is -2.73. The molecule has 0 spiro atoms. The van der Waals surface area contributed by atoms with Gasteiger partial charge in [-0.25, -0.2) is 9.59 Å². The molecule has 4 saturated carbocycles. The van der Waals surface area contributed by atoms with E-state index in [1.807, 2.05) is 24.3 Å². The summed E-state index contributed by atoms with van der Waals surface area (Å²) in [5.74, 6) is -1.28. The Balaban J connectivity index is 1.22. The third-order valence-corrected chi connectivity index (χ3v) is 8.45. The highest BCUT2D eigenvalue weighted by Gasteiger charge is 2.66. The van der Waals surface area contributed by atoms with Crippen LogP contribution in [0.2, 0.25) is 0 Å². The Morgan fingerprint density at radius 1 is 0.938 bits per heavy atom. The predicted octanol–water partition coefficient (Wildman–Crippen LogP) is 3.92. The lowest BCUT2D eigenvalue weighted by molar-refractivity contribution is -0.189.